The molecule has 0 unspecified atom stereocenters. The number of benzene rings is 1. The zero-order valence-electron chi connectivity index (χ0n) is 13.3. The van der Waals surface area contributed by atoms with Crippen molar-refractivity contribution < 1.29 is 9.53 Å². The van der Waals surface area contributed by atoms with E-state index in [1.165, 1.54) is 0 Å². The van der Waals surface area contributed by atoms with Crippen LogP contribution in [0.25, 0.3) is 10.6 Å². The van der Waals surface area contributed by atoms with E-state index in [1.807, 2.05) is 41.1 Å². The van der Waals surface area contributed by atoms with Crippen LogP contribution in [0.1, 0.15) is 19.0 Å². The number of thiazole rings is 1. The number of carbonyl (C=O) groups excluding carboxylic acids is 1. The van der Waals surface area contributed by atoms with E-state index in [1.54, 1.807) is 22.7 Å². The van der Waals surface area contributed by atoms with Gasteiger partial charge < -0.3 is 10.1 Å². The monoisotopic (exact) mass is 358 g/mol. The first-order valence-electron chi connectivity index (χ1n) is 7.75. The van der Waals surface area contributed by atoms with Gasteiger partial charge in [-0.25, -0.2) is 4.98 Å². The predicted octanol–water partition coefficient (Wildman–Crippen LogP) is 4.84. The largest absolute Gasteiger partial charge is 0.491 e. The topological polar surface area (TPSA) is 51.2 Å². The number of hydrogen-bond acceptors (Lipinski definition) is 5. The summed E-state index contributed by atoms with van der Waals surface area (Å²) in [7, 11) is 0. The smallest absolute Gasteiger partial charge is 0.230 e. The van der Waals surface area contributed by atoms with Crippen molar-refractivity contribution in [3.05, 3.63) is 52.2 Å². The van der Waals surface area contributed by atoms with Gasteiger partial charge in [-0.15, -0.1) is 11.3 Å². The SMILES string of the molecule is CCCOc1ccccc1NC(=O)Cc1csc(-c2ccsc2)n1. The molecule has 124 valence electrons. The Morgan fingerprint density at radius 2 is 2.12 bits per heavy atom. The first kappa shape index (κ1) is 16.7. The van der Waals surface area contributed by atoms with Crippen LogP contribution >= 0.6 is 22.7 Å². The maximum absolute atomic E-state index is 12.3. The van der Waals surface area contributed by atoms with Crippen LogP contribution in [0.3, 0.4) is 0 Å². The van der Waals surface area contributed by atoms with Crippen molar-refractivity contribution in [3.63, 3.8) is 0 Å². The fraction of sp³-hybridized carbons (Fsp3) is 0.222. The summed E-state index contributed by atoms with van der Waals surface area (Å²) in [6, 6.07) is 9.53. The summed E-state index contributed by atoms with van der Waals surface area (Å²) in [5.74, 6) is 0.606. The van der Waals surface area contributed by atoms with E-state index in [9.17, 15) is 4.79 Å². The number of ether oxygens (including phenoxy) is 1. The van der Waals surface area contributed by atoms with Crippen molar-refractivity contribution in [2.75, 3.05) is 11.9 Å². The number of amides is 1. The average molecular weight is 358 g/mol. The Morgan fingerprint density at radius 1 is 1.25 bits per heavy atom. The van der Waals surface area contributed by atoms with Crippen molar-refractivity contribution in [1.82, 2.24) is 4.98 Å². The molecule has 0 saturated carbocycles. The predicted molar refractivity (Wildman–Crippen MR) is 100.0 cm³/mol. The molecular weight excluding hydrogens is 340 g/mol. The van der Waals surface area contributed by atoms with E-state index in [0.29, 0.717) is 18.0 Å². The van der Waals surface area contributed by atoms with Gasteiger partial charge in [0.15, 0.2) is 0 Å². The standard InChI is InChI=1S/C18H18N2O2S2/c1-2-8-22-16-6-4-3-5-15(16)20-17(21)10-14-12-24-18(19-14)13-7-9-23-11-13/h3-7,9,11-12H,2,8,10H2,1H3,(H,20,21). The lowest BCUT2D eigenvalue weighted by molar-refractivity contribution is -0.115. The number of anilines is 1. The first-order chi connectivity index (χ1) is 11.8. The van der Waals surface area contributed by atoms with Gasteiger partial charge in [0.2, 0.25) is 5.91 Å². The molecule has 3 aromatic rings. The van der Waals surface area contributed by atoms with Crippen LogP contribution in [-0.2, 0) is 11.2 Å². The Balaban J connectivity index is 1.64. The molecule has 0 spiro atoms. The quantitative estimate of drug-likeness (QED) is 0.657. The molecule has 0 fully saturated rings. The van der Waals surface area contributed by atoms with Gasteiger partial charge in [-0.05, 0) is 30.0 Å². The van der Waals surface area contributed by atoms with Gasteiger partial charge in [0.25, 0.3) is 0 Å². The summed E-state index contributed by atoms with van der Waals surface area (Å²) < 4.78 is 5.66. The number of nitrogens with one attached hydrogen (secondary N) is 1. The van der Waals surface area contributed by atoms with E-state index in [2.05, 4.69) is 22.6 Å². The zero-order chi connectivity index (χ0) is 16.8. The first-order valence-corrected chi connectivity index (χ1v) is 9.57. The summed E-state index contributed by atoms with van der Waals surface area (Å²) in [4.78, 5) is 16.8. The Morgan fingerprint density at radius 3 is 2.92 bits per heavy atom. The third kappa shape index (κ3) is 4.21. The van der Waals surface area contributed by atoms with Crippen LogP contribution < -0.4 is 10.1 Å². The van der Waals surface area contributed by atoms with Gasteiger partial charge in [0.05, 0.1) is 24.4 Å². The van der Waals surface area contributed by atoms with E-state index < -0.39 is 0 Å². The molecule has 2 aromatic heterocycles. The molecule has 3 rings (SSSR count). The molecule has 0 radical (unpaired) electrons. The molecule has 1 aromatic carbocycles. The summed E-state index contributed by atoms with van der Waals surface area (Å²) in [5, 5.41) is 9.88. The van der Waals surface area contributed by atoms with E-state index in [-0.39, 0.29) is 12.3 Å². The number of rotatable bonds is 7. The number of carbonyl (C=O) groups is 1. The molecule has 1 amide bonds. The second-order valence-electron chi connectivity index (χ2n) is 5.23. The van der Waals surface area contributed by atoms with Crippen LogP contribution in [-0.4, -0.2) is 17.5 Å². The van der Waals surface area contributed by atoms with Crippen LogP contribution in [0.5, 0.6) is 5.75 Å². The molecular formula is C18H18N2O2S2. The van der Waals surface area contributed by atoms with Crippen molar-refractivity contribution in [1.29, 1.82) is 0 Å². The van der Waals surface area contributed by atoms with Crippen LogP contribution in [0.2, 0.25) is 0 Å². The van der Waals surface area contributed by atoms with Gasteiger partial charge >= 0.3 is 0 Å². The number of thiophene rings is 1. The molecule has 0 saturated heterocycles. The Labute approximate surface area is 149 Å². The molecule has 0 aliphatic rings. The summed E-state index contributed by atoms with van der Waals surface area (Å²) in [6.07, 6.45) is 1.18. The summed E-state index contributed by atoms with van der Waals surface area (Å²) in [5.41, 5.74) is 2.59. The van der Waals surface area contributed by atoms with Crippen LogP contribution in [0, 0.1) is 0 Å². The summed E-state index contributed by atoms with van der Waals surface area (Å²) >= 11 is 3.20. The minimum Gasteiger partial charge on any atom is -0.491 e. The third-order valence-corrected chi connectivity index (χ3v) is 4.91. The molecule has 0 aliphatic heterocycles. The third-order valence-electron chi connectivity index (χ3n) is 3.28. The lowest BCUT2D eigenvalue weighted by Crippen LogP contribution is -2.15. The minimum atomic E-state index is -0.0929. The molecule has 4 nitrogen and oxygen atoms in total. The lowest BCUT2D eigenvalue weighted by Gasteiger charge is -2.11. The van der Waals surface area contributed by atoms with Crippen LogP contribution in [0.15, 0.2) is 46.5 Å². The fourth-order valence-electron chi connectivity index (χ4n) is 2.17. The van der Waals surface area contributed by atoms with Gasteiger partial charge in [-0.2, -0.15) is 11.3 Å². The van der Waals surface area contributed by atoms with Gasteiger partial charge in [-0.3, -0.25) is 4.79 Å². The van der Waals surface area contributed by atoms with Crippen molar-refractivity contribution >= 4 is 34.3 Å². The van der Waals surface area contributed by atoms with Crippen LogP contribution in [0.4, 0.5) is 5.69 Å². The van der Waals surface area contributed by atoms with E-state index in [0.717, 1.165) is 22.7 Å². The highest BCUT2D eigenvalue weighted by Crippen LogP contribution is 2.27. The molecule has 0 aliphatic carbocycles. The fourth-order valence-corrected chi connectivity index (χ4v) is 3.71. The highest BCUT2D eigenvalue weighted by atomic mass is 32.1. The molecule has 6 heteroatoms. The minimum absolute atomic E-state index is 0.0929. The number of nitrogens with zero attached hydrogens (tertiary/aromatic N) is 1. The molecule has 0 atom stereocenters. The molecule has 0 bridgehead atoms. The number of para-hydroxylation sites is 2. The van der Waals surface area contributed by atoms with Crippen molar-refractivity contribution in [3.8, 4) is 16.3 Å². The van der Waals surface area contributed by atoms with Crippen molar-refractivity contribution in [2.24, 2.45) is 0 Å². The van der Waals surface area contributed by atoms with Gasteiger partial charge in [0.1, 0.15) is 10.8 Å². The van der Waals surface area contributed by atoms with Gasteiger partial charge in [0, 0.05) is 16.3 Å². The molecule has 1 N–H and O–H groups in total. The second-order valence-corrected chi connectivity index (χ2v) is 6.86. The highest BCUT2D eigenvalue weighted by Gasteiger charge is 2.11. The van der Waals surface area contributed by atoms with E-state index in [4.69, 9.17) is 4.74 Å². The summed E-state index contributed by atoms with van der Waals surface area (Å²) in [6.45, 7) is 2.68. The number of aromatic nitrogens is 1. The zero-order valence-corrected chi connectivity index (χ0v) is 15.0. The maximum atomic E-state index is 12.3. The number of hydrogen-bond donors (Lipinski definition) is 1. The Bertz CT molecular complexity index is 797. The maximum Gasteiger partial charge on any atom is 0.230 e. The van der Waals surface area contributed by atoms with Crippen molar-refractivity contribution in [2.45, 2.75) is 19.8 Å². The Hall–Kier alpha value is -2.18. The highest BCUT2D eigenvalue weighted by molar-refractivity contribution is 7.14. The van der Waals surface area contributed by atoms with E-state index >= 15 is 0 Å². The average Bonchev–Trinajstić information content (AvgIpc) is 3.25. The molecule has 2 heterocycles. The Kier molecular flexibility index (Phi) is 5.61. The normalized spacial score (nSPS) is 10.5. The molecule has 24 heavy (non-hydrogen) atoms. The van der Waals surface area contributed by atoms with Gasteiger partial charge in [-0.1, -0.05) is 19.1 Å². The lowest BCUT2D eigenvalue weighted by atomic mass is 10.2. The second kappa shape index (κ2) is 8.08.